The first-order valence-electron chi connectivity index (χ1n) is 7.69. The van der Waals surface area contributed by atoms with E-state index in [-0.39, 0.29) is 50.7 Å². The zero-order chi connectivity index (χ0) is 18.4. The number of carbonyl (C=O) groups excluding carboxylic acids is 1. The van der Waals surface area contributed by atoms with Crippen molar-refractivity contribution in [3.8, 4) is 0 Å². The Bertz CT molecular complexity index is 959. The van der Waals surface area contributed by atoms with Crippen LogP contribution in [0.3, 0.4) is 0 Å². The van der Waals surface area contributed by atoms with Crippen molar-refractivity contribution in [2.75, 3.05) is 5.32 Å². The number of aromatic nitrogens is 1. The Kier molecular flexibility index (Phi) is 8.88. The third-order valence-electron chi connectivity index (χ3n) is 4.14. The maximum Gasteiger partial charge on any atom is 0.272 e. The molecule has 2 aromatic rings. The van der Waals surface area contributed by atoms with Crippen LogP contribution in [0.25, 0.3) is 0 Å². The van der Waals surface area contributed by atoms with Crippen molar-refractivity contribution in [1.29, 1.82) is 4.78 Å². The van der Waals surface area contributed by atoms with E-state index in [2.05, 4.69) is 10.0 Å². The summed E-state index contributed by atoms with van der Waals surface area (Å²) in [6, 6.07) is 2.96. The van der Waals surface area contributed by atoms with Gasteiger partial charge in [0.1, 0.15) is 15.6 Å². The molecule has 10 heteroatoms. The van der Waals surface area contributed by atoms with Crippen molar-refractivity contribution in [2.24, 2.45) is 7.05 Å². The Morgan fingerprint density at radius 1 is 1.32 bits per heavy atom. The summed E-state index contributed by atoms with van der Waals surface area (Å²) < 4.78 is 51.3. The fraction of sp³-hybridized carbons (Fsp3) is 0.389. The molecule has 0 saturated heterocycles. The van der Waals surface area contributed by atoms with Crippen LogP contribution in [0, 0.1) is 16.4 Å². The van der Waals surface area contributed by atoms with Crippen LogP contribution in [0.15, 0.2) is 29.3 Å². The number of anilines is 1. The summed E-state index contributed by atoms with van der Waals surface area (Å²) in [7, 11) is -1.59. The van der Waals surface area contributed by atoms with Crippen molar-refractivity contribution < 1.29 is 17.8 Å². The molecule has 0 bridgehead atoms. The lowest BCUT2D eigenvalue weighted by molar-refractivity contribution is 0.101. The topological polar surface area (TPSA) is 87.0 Å². The van der Waals surface area contributed by atoms with Crippen molar-refractivity contribution in [2.45, 2.75) is 45.6 Å². The van der Waals surface area contributed by atoms with Gasteiger partial charge in [-0.1, -0.05) is 14.9 Å². The second-order valence-electron chi connectivity index (χ2n) is 6.13. The molecule has 1 amide bonds. The maximum absolute atomic E-state index is 13.3. The Balaban J connectivity index is 0.00000243. The summed E-state index contributed by atoms with van der Waals surface area (Å²) in [4.78, 5) is 12.9. The molecular formula is C18H28F2N4O2S2. The van der Waals surface area contributed by atoms with Gasteiger partial charge in [0, 0.05) is 36.6 Å². The van der Waals surface area contributed by atoms with Crippen molar-refractivity contribution >= 4 is 35.0 Å². The molecule has 158 valence electrons. The molecule has 0 radical (unpaired) electrons. The molecule has 1 aromatic heterocycles. The Hall–Kier alpha value is -1.91. The lowest BCUT2D eigenvalue weighted by Gasteiger charge is -2.11. The number of fused-ring (bicyclic) bond motifs is 1. The second kappa shape index (κ2) is 9.53. The summed E-state index contributed by atoms with van der Waals surface area (Å²) in [5.74, 6) is -2.59. The standard InChI is InChI=1S/C16H18F2N4O2S.2CH4.H2S/c1-9-3-5-11-14(25(19,24)21-9)8-22(2)15(11)16(23)20-10-4-6-12(17)13(18)7-10;;;/h4,6-9H,3,5H2,1-2H3,(H,20,23)(H2,19,21,24);2*1H4;1H2/t9-,25?;;;/m0.../s1. The third-order valence-corrected chi connectivity index (χ3v) is 5.85. The molecule has 0 fully saturated rings. The van der Waals surface area contributed by atoms with Gasteiger partial charge in [-0.2, -0.15) is 13.5 Å². The van der Waals surface area contributed by atoms with Gasteiger partial charge in [-0.3, -0.25) is 4.79 Å². The minimum Gasteiger partial charge on any atom is -0.345 e. The van der Waals surface area contributed by atoms with Crippen LogP contribution in [0.1, 0.15) is 44.2 Å². The Morgan fingerprint density at radius 2 is 1.96 bits per heavy atom. The number of nitrogens with zero attached hydrogens (tertiary/aromatic N) is 1. The fourth-order valence-corrected chi connectivity index (χ4v) is 4.63. The molecule has 3 N–H and O–H groups in total. The molecule has 1 aromatic carbocycles. The molecule has 1 aliphatic heterocycles. The van der Waals surface area contributed by atoms with E-state index in [0.717, 1.165) is 12.1 Å². The monoisotopic (exact) mass is 434 g/mol. The number of carbonyl (C=O) groups is 1. The van der Waals surface area contributed by atoms with E-state index in [1.165, 1.54) is 16.8 Å². The normalized spacial score (nSPS) is 20.5. The van der Waals surface area contributed by atoms with Gasteiger partial charge in [0.25, 0.3) is 5.91 Å². The van der Waals surface area contributed by atoms with Crippen LogP contribution >= 0.6 is 13.5 Å². The highest BCUT2D eigenvalue weighted by atomic mass is 32.2. The summed E-state index contributed by atoms with van der Waals surface area (Å²) in [5.41, 5.74) is 0.917. The van der Waals surface area contributed by atoms with Crippen LogP contribution in [0.2, 0.25) is 0 Å². The fourth-order valence-electron chi connectivity index (χ4n) is 2.97. The highest BCUT2D eigenvalue weighted by Crippen LogP contribution is 2.28. The van der Waals surface area contributed by atoms with E-state index >= 15 is 0 Å². The first kappa shape index (κ1) is 26.1. The summed E-state index contributed by atoms with van der Waals surface area (Å²) in [6.45, 7) is 1.83. The van der Waals surface area contributed by atoms with Crippen LogP contribution in [0.4, 0.5) is 14.5 Å². The average molecular weight is 435 g/mol. The number of nitrogens with one attached hydrogen (secondary N) is 3. The summed E-state index contributed by atoms with van der Waals surface area (Å²) >= 11 is 0. The Labute approximate surface area is 172 Å². The van der Waals surface area contributed by atoms with Crippen LogP contribution in [-0.2, 0) is 23.4 Å². The number of rotatable bonds is 2. The van der Waals surface area contributed by atoms with Crippen LogP contribution in [0.5, 0.6) is 0 Å². The highest BCUT2D eigenvalue weighted by molar-refractivity contribution is 7.90. The molecule has 2 atom stereocenters. The van der Waals surface area contributed by atoms with Gasteiger partial charge >= 0.3 is 0 Å². The molecular weight excluding hydrogens is 406 g/mol. The number of benzene rings is 1. The molecule has 28 heavy (non-hydrogen) atoms. The minimum absolute atomic E-state index is 0. The lowest BCUT2D eigenvalue weighted by atomic mass is 10.1. The van der Waals surface area contributed by atoms with Crippen LogP contribution < -0.4 is 10.0 Å². The number of hydrogen-bond donors (Lipinski definition) is 3. The largest absolute Gasteiger partial charge is 0.345 e. The van der Waals surface area contributed by atoms with Gasteiger partial charge < -0.3 is 9.88 Å². The highest BCUT2D eigenvalue weighted by Gasteiger charge is 2.29. The zero-order valence-corrected chi connectivity index (χ0v) is 16.0. The molecule has 2 heterocycles. The average Bonchev–Trinajstić information content (AvgIpc) is 2.81. The zero-order valence-electron chi connectivity index (χ0n) is 14.2. The first-order chi connectivity index (χ1) is 11.7. The number of aryl methyl sites for hydroxylation is 1. The Morgan fingerprint density at radius 3 is 2.57 bits per heavy atom. The number of amides is 1. The second-order valence-corrected chi connectivity index (χ2v) is 7.92. The van der Waals surface area contributed by atoms with Gasteiger partial charge in [-0.25, -0.2) is 22.5 Å². The first-order valence-corrected chi connectivity index (χ1v) is 9.25. The third kappa shape index (κ3) is 4.92. The van der Waals surface area contributed by atoms with Gasteiger partial charge in [-0.05, 0) is 31.9 Å². The van der Waals surface area contributed by atoms with Crippen molar-refractivity contribution in [1.82, 2.24) is 9.29 Å². The molecule has 0 saturated carbocycles. The van der Waals surface area contributed by atoms with Gasteiger partial charge in [0.15, 0.2) is 11.6 Å². The van der Waals surface area contributed by atoms with Crippen LogP contribution in [-0.4, -0.2) is 20.7 Å². The molecule has 0 spiro atoms. The van der Waals surface area contributed by atoms with E-state index < -0.39 is 27.5 Å². The quantitative estimate of drug-likeness (QED) is 0.662. The summed E-state index contributed by atoms with van der Waals surface area (Å²) in [5, 5.41) is 2.52. The van der Waals surface area contributed by atoms with Crippen molar-refractivity contribution in [3.63, 3.8) is 0 Å². The van der Waals surface area contributed by atoms with E-state index in [4.69, 9.17) is 4.78 Å². The van der Waals surface area contributed by atoms with E-state index in [1.807, 2.05) is 6.92 Å². The maximum atomic E-state index is 13.3. The number of hydrogen-bond acceptors (Lipinski definition) is 3. The van der Waals surface area contributed by atoms with E-state index in [9.17, 15) is 17.8 Å². The van der Waals surface area contributed by atoms with Crippen molar-refractivity contribution in [3.05, 3.63) is 47.3 Å². The predicted octanol–water partition coefficient (Wildman–Crippen LogP) is 4.19. The molecule has 0 aliphatic carbocycles. The lowest BCUT2D eigenvalue weighted by Crippen LogP contribution is -2.29. The van der Waals surface area contributed by atoms with E-state index in [1.54, 1.807) is 7.05 Å². The van der Waals surface area contributed by atoms with Gasteiger partial charge in [0.2, 0.25) is 0 Å². The minimum atomic E-state index is -3.21. The molecule has 1 unspecified atom stereocenters. The predicted molar refractivity (Wildman–Crippen MR) is 114 cm³/mol. The van der Waals surface area contributed by atoms with Gasteiger partial charge in [0.05, 0.1) is 4.90 Å². The smallest absolute Gasteiger partial charge is 0.272 e. The van der Waals surface area contributed by atoms with E-state index in [0.29, 0.717) is 18.4 Å². The SMILES string of the molecule is C.C.C[C@H]1CCc2c(cn(C)c2C(=O)Nc2ccc(F)c(F)c2)S(=N)(=O)N1.S. The molecule has 1 aliphatic rings. The molecule has 3 rings (SSSR count). The molecule has 6 nitrogen and oxygen atoms in total. The summed E-state index contributed by atoms with van der Waals surface area (Å²) in [6.07, 6.45) is 2.62. The number of halogens is 2. The van der Waals surface area contributed by atoms with Gasteiger partial charge in [-0.15, -0.1) is 0 Å².